The second kappa shape index (κ2) is 7.82. The lowest BCUT2D eigenvalue weighted by Crippen LogP contribution is -2.30. The van der Waals surface area contributed by atoms with Crippen LogP contribution < -0.4 is 4.90 Å². The van der Waals surface area contributed by atoms with Crippen LogP contribution in [-0.2, 0) is 11.2 Å². The summed E-state index contributed by atoms with van der Waals surface area (Å²) in [6.07, 6.45) is 5.99. The molecule has 0 spiro atoms. The summed E-state index contributed by atoms with van der Waals surface area (Å²) >= 11 is 0. The van der Waals surface area contributed by atoms with Gasteiger partial charge >= 0.3 is 0 Å². The Morgan fingerprint density at radius 3 is 2.81 bits per heavy atom. The molecule has 0 unspecified atom stereocenters. The third-order valence-corrected chi connectivity index (χ3v) is 4.49. The van der Waals surface area contributed by atoms with Crippen molar-refractivity contribution >= 4 is 28.9 Å². The van der Waals surface area contributed by atoms with Crippen molar-refractivity contribution in [2.45, 2.75) is 12.8 Å². The molecule has 0 bridgehead atoms. The number of aromatic amines is 1. The molecule has 2 aromatic heterocycles. The normalized spacial score (nSPS) is 10.7. The number of rotatable bonds is 7. The third kappa shape index (κ3) is 3.59. The van der Waals surface area contributed by atoms with Gasteiger partial charge in [-0.1, -0.05) is 18.2 Å². The van der Waals surface area contributed by atoms with Crippen LogP contribution in [0.1, 0.15) is 22.5 Å². The summed E-state index contributed by atoms with van der Waals surface area (Å²) in [5.41, 5.74) is 3.18. The van der Waals surface area contributed by atoms with E-state index in [0.29, 0.717) is 18.6 Å². The maximum Gasteiger partial charge on any atom is 0.274 e. The number of benzene rings is 1. The molecule has 0 saturated carbocycles. The van der Waals surface area contributed by atoms with E-state index in [1.807, 2.05) is 18.3 Å². The Balaban J connectivity index is 1.64. The number of carbonyl (C=O) groups excluding carboxylic acids is 2. The van der Waals surface area contributed by atoms with E-state index in [4.69, 9.17) is 0 Å². The van der Waals surface area contributed by atoms with Gasteiger partial charge in [0, 0.05) is 43.9 Å². The fraction of sp³-hybridized carbons (Fsp3) is 0.250. The van der Waals surface area contributed by atoms with E-state index in [1.165, 1.54) is 15.8 Å². The van der Waals surface area contributed by atoms with Gasteiger partial charge in [-0.15, -0.1) is 0 Å². The minimum Gasteiger partial charge on any atom is -0.361 e. The molecule has 3 aromatic rings. The number of carbonyl (C=O) groups is 2. The quantitative estimate of drug-likeness (QED) is 0.666. The van der Waals surface area contributed by atoms with E-state index in [9.17, 15) is 9.59 Å². The maximum atomic E-state index is 12.7. The van der Waals surface area contributed by atoms with Gasteiger partial charge in [0.05, 0.1) is 5.69 Å². The van der Waals surface area contributed by atoms with Crippen molar-refractivity contribution in [2.75, 3.05) is 25.5 Å². The predicted octanol–water partition coefficient (Wildman–Crippen LogP) is 2.86. The Labute approximate surface area is 152 Å². The van der Waals surface area contributed by atoms with Crippen molar-refractivity contribution in [1.29, 1.82) is 0 Å². The van der Waals surface area contributed by atoms with Crippen molar-refractivity contribution in [3.05, 3.63) is 60.0 Å². The highest BCUT2D eigenvalue weighted by molar-refractivity contribution is 5.99. The number of H-pyrrole nitrogens is 1. The first-order chi connectivity index (χ1) is 12.6. The summed E-state index contributed by atoms with van der Waals surface area (Å²) in [4.78, 5) is 34.2. The van der Waals surface area contributed by atoms with Crippen LogP contribution in [0.3, 0.4) is 0 Å². The second-order valence-electron chi connectivity index (χ2n) is 6.28. The van der Waals surface area contributed by atoms with E-state index >= 15 is 0 Å². The van der Waals surface area contributed by atoms with Crippen LogP contribution in [0.2, 0.25) is 0 Å². The molecule has 2 heterocycles. The summed E-state index contributed by atoms with van der Waals surface area (Å²) in [6.45, 7) is 0.610. The van der Waals surface area contributed by atoms with E-state index in [2.05, 4.69) is 22.1 Å². The fourth-order valence-electron chi connectivity index (χ4n) is 3.03. The highest BCUT2D eigenvalue weighted by Crippen LogP contribution is 2.20. The summed E-state index contributed by atoms with van der Waals surface area (Å²) in [5, 5.41) is 1.22. The van der Waals surface area contributed by atoms with Gasteiger partial charge in [0.25, 0.3) is 5.91 Å². The Morgan fingerprint density at radius 1 is 1.19 bits per heavy atom. The number of pyridine rings is 1. The molecule has 0 aliphatic carbocycles. The molecular formula is C20H22N4O2. The first-order valence-electron chi connectivity index (χ1n) is 8.55. The lowest BCUT2D eigenvalue weighted by Gasteiger charge is -2.20. The summed E-state index contributed by atoms with van der Waals surface area (Å²) in [7, 11) is 3.37. The van der Waals surface area contributed by atoms with Crippen LogP contribution >= 0.6 is 0 Å². The molecule has 0 fully saturated rings. The van der Waals surface area contributed by atoms with Crippen LogP contribution in [0.15, 0.2) is 48.8 Å². The summed E-state index contributed by atoms with van der Waals surface area (Å²) < 4.78 is 0. The third-order valence-electron chi connectivity index (χ3n) is 4.49. The Bertz CT molecular complexity index is 919. The number of amides is 2. The smallest absolute Gasteiger partial charge is 0.274 e. The largest absolute Gasteiger partial charge is 0.361 e. The molecule has 0 saturated heterocycles. The lowest BCUT2D eigenvalue weighted by atomic mass is 10.1. The Kier molecular flexibility index (Phi) is 5.31. The zero-order valence-corrected chi connectivity index (χ0v) is 15.0. The van der Waals surface area contributed by atoms with Gasteiger partial charge in [-0.3, -0.25) is 9.59 Å². The zero-order valence-electron chi connectivity index (χ0n) is 15.0. The van der Waals surface area contributed by atoms with Crippen molar-refractivity contribution in [2.24, 2.45) is 0 Å². The highest BCUT2D eigenvalue weighted by Gasteiger charge is 2.19. The second-order valence-corrected chi connectivity index (χ2v) is 6.28. The monoisotopic (exact) mass is 350 g/mol. The van der Waals surface area contributed by atoms with Gasteiger partial charge in [0.2, 0.25) is 6.41 Å². The van der Waals surface area contributed by atoms with Gasteiger partial charge < -0.3 is 14.8 Å². The molecule has 0 aliphatic rings. The van der Waals surface area contributed by atoms with Crippen molar-refractivity contribution in [3.8, 4) is 0 Å². The molecule has 6 heteroatoms. The number of nitrogens with one attached hydrogen (secondary N) is 1. The molecule has 1 N–H and O–H groups in total. The Morgan fingerprint density at radius 2 is 2.00 bits per heavy atom. The molecule has 3 rings (SSSR count). The van der Waals surface area contributed by atoms with Gasteiger partial charge in [-0.25, -0.2) is 4.98 Å². The summed E-state index contributed by atoms with van der Waals surface area (Å²) in [6, 6.07) is 11.6. The van der Waals surface area contributed by atoms with Gasteiger partial charge in [0.15, 0.2) is 5.69 Å². The zero-order chi connectivity index (χ0) is 18.5. The SMILES string of the molecule is CN(CCCc1c[nH]c2ccccc12)C(=O)c1ncccc1N(C)C=O. The summed E-state index contributed by atoms with van der Waals surface area (Å²) in [5.74, 6) is -0.187. The van der Waals surface area contributed by atoms with Gasteiger partial charge in [0.1, 0.15) is 0 Å². The standard InChI is InChI=1S/C20H22N4O2/c1-23(20(26)19-18(24(2)14-25)10-5-11-21-19)12-6-7-15-13-22-17-9-4-3-8-16(15)17/h3-5,8-11,13-14,22H,6-7,12H2,1-2H3. The molecular weight excluding hydrogens is 328 g/mol. The van der Waals surface area contributed by atoms with Crippen LogP contribution in [-0.4, -0.2) is 47.8 Å². The number of hydrogen-bond donors (Lipinski definition) is 1. The first-order valence-corrected chi connectivity index (χ1v) is 8.55. The average Bonchev–Trinajstić information content (AvgIpc) is 3.10. The highest BCUT2D eigenvalue weighted by atomic mass is 16.2. The number of para-hydroxylation sites is 1. The first kappa shape index (κ1) is 17.7. The van der Waals surface area contributed by atoms with Gasteiger partial charge in [-0.05, 0) is 36.6 Å². The maximum absolute atomic E-state index is 12.7. The lowest BCUT2D eigenvalue weighted by molar-refractivity contribution is -0.107. The number of aromatic nitrogens is 2. The van der Waals surface area contributed by atoms with E-state index in [-0.39, 0.29) is 11.6 Å². The molecule has 0 radical (unpaired) electrons. The van der Waals surface area contributed by atoms with E-state index in [1.54, 1.807) is 37.3 Å². The molecule has 134 valence electrons. The van der Waals surface area contributed by atoms with Crippen LogP contribution in [0, 0.1) is 0 Å². The number of nitrogens with zero attached hydrogens (tertiary/aromatic N) is 3. The van der Waals surface area contributed by atoms with Crippen molar-refractivity contribution in [3.63, 3.8) is 0 Å². The minimum atomic E-state index is -0.187. The van der Waals surface area contributed by atoms with E-state index < -0.39 is 0 Å². The average molecular weight is 350 g/mol. The predicted molar refractivity (Wildman–Crippen MR) is 102 cm³/mol. The molecule has 1 aromatic carbocycles. The van der Waals surface area contributed by atoms with Crippen LogP contribution in [0.4, 0.5) is 5.69 Å². The van der Waals surface area contributed by atoms with Crippen LogP contribution in [0.25, 0.3) is 10.9 Å². The number of fused-ring (bicyclic) bond motifs is 1. The Hall–Kier alpha value is -3.15. The molecule has 2 amide bonds. The minimum absolute atomic E-state index is 0.187. The molecule has 26 heavy (non-hydrogen) atoms. The van der Waals surface area contributed by atoms with Crippen LogP contribution in [0.5, 0.6) is 0 Å². The topological polar surface area (TPSA) is 69.3 Å². The van der Waals surface area contributed by atoms with Crippen molar-refractivity contribution in [1.82, 2.24) is 14.9 Å². The fourth-order valence-corrected chi connectivity index (χ4v) is 3.03. The number of hydrogen-bond acceptors (Lipinski definition) is 3. The molecule has 0 aliphatic heterocycles. The van der Waals surface area contributed by atoms with Gasteiger partial charge in [-0.2, -0.15) is 0 Å². The van der Waals surface area contributed by atoms with Crippen molar-refractivity contribution < 1.29 is 9.59 Å². The van der Waals surface area contributed by atoms with E-state index in [0.717, 1.165) is 18.4 Å². The molecule has 6 nitrogen and oxygen atoms in total. The molecule has 0 atom stereocenters. The number of anilines is 1. The number of aryl methyl sites for hydroxylation is 1.